The second kappa shape index (κ2) is 8.61. The molecular weight excluding hydrogens is 400 g/mol. The lowest BCUT2D eigenvalue weighted by Gasteiger charge is -2.34. The largest absolute Gasteiger partial charge is 0.357 e. The van der Waals surface area contributed by atoms with E-state index in [9.17, 15) is 13.6 Å². The van der Waals surface area contributed by atoms with Gasteiger partial charge < -0.3 is 14.8 Å². The number of hydrogen-bond donors (Lipinski definition) is 1. The van der Waals surface area contributed by atoms with Gasteiger partial charge in [-0.1, -0.05) is 6.92 Å². The fraction of sp³-hybridized carbons (Fsp3) is 0.435. The number of aryl methyl sites for hydroxylation is 2. The molecule has 164 valence electrons. The number of H-pyrrole nitrogens is 1. The molecule has 31 heavy (non-hydrogen) atoms. The second-order valence-corrected chi connectivity index (χ2v) is 8.24. The summed E-state index contributed by atoms with van der Waals surface area (Å²) in [6.07, 6.45) is 3.59. The number of hydrogen-bond acceptors (Lipinski definition) is 4. The van der Waals surface area contributed by atoms with E-state index in [0.29, 0.717) is 54.7 Å². The highest BCUT2D eigenvalue weighted by atomic mass is 19.1. The van der Waals surface area contributed by atoms with Gasteiger partial charge in [-0.15, -0.1) is 0 Å². The first kappa shape index (κ1) is 21.2. The van der Waals surface area contributed by atoms with Crippen LogP contribution in [0.15, 0.2) is 24.5 Å². The van der Waals surface area contributed by atoms with Crippen LogP contribution in [-0.4, -0.2) is 52.4 Å². The third-order valence-corrected chi connectivity index (χ3v) is 6.21. The van der Waals surface area contributed by atoms with E-state index in [0.717, 1.165) is 23.8 Å². The molecule has 8 heteroatoms. The number of rotatable bonds is 5. The Morgan fingerprint density at radius 2 is 2.00 bits per heavy atom. The molecule has 1 aliphatic rings. The number of fused-ring (bicyclic) bond motifs is 1. The molecule has 0 aliphatic carbocycles. The molecule has 0 radical (unpaired) electrons. The fourth-order valence-electron chi connectivity index (χ4n) is 4.38. The fourth-order valence-corrected chi connectivity index (χ4v) is 4.38. The number of likely N-dealkylation sites (tertiary alicyclic amines) is 1. The Hall–Kier alpha value is -3.03. The average molecular weight is 427 g/mol. The van der Waals surface area contributed by atoms with Gasteiger partial charge >= 0.3 is 0 Å². The van der Waals surface area contributed by atoms with Gasteiger partial charge in [0.1, 0.15) is 17.8 Å². The number of nitrogens with zero attached hydrogens (tertiary/aromatic N) is 4. The van der Waals surface area contributed by atoms with Crippen LogP contribution in [0.4, 0.5) is 14.6 Å². The van der Waals surface area contributed by atoms with Gasteiger partial charge in [-0.05, 0) is 55.9 Å². The standard InChI is InChI=1S/C23H27F2N5O/c1-4-18-20(25)22(27-13-26-18)29(3)12-15-7-9-30(10-8-15)23(31)21-14(2)17-6-5-16(24)11-19(17)28-21/h5-6,11,13,15,28H,4,7-10,12H2,1-3H3. The van der Waals surface area contributed by atoms with Crippen LogP contribution in [0.3, 0.4) is 0 Å². The predicted molar refractivity (Wildman–Crippen MR) is 116 cm³/mol. The first-order valence-electron chi connectivity index (χ1n) is 10.7. The number of nitrogens with one attached hydrogen (secondary N) is 1. The van der Waals surface area contributed by atoms with Crippen LogP contribution in [-0.2, 0) is 6.42 Å². The summed E-state index contributed by atoms with van der Waals surface area (Å²) in [5.41, 5.74) is 2.42. The number of amides is 1. The average Bonchev–Trinajstić information content (AvgIpc) is 3.09. The summed E-state index contributed by atoms with van der Waals surface area (Å²) in [7, 11) is 1.84. The van der Waals surface area contributed by atoms with Crippen LogP contribution >= 0.6 is 0 Å². The van der Waals surface area contributed by atoms with Crippen LogP contribution < -0.4 is 4.90 Å². The van der Waals surface area contributed by atoms with Gasteiger partial charge in [-0.2, -0.15) is 0 Å². The van der Waals surface area contributed by atoms with Crippen LogP contribution in [0.2, 0.25) is 0 Å². The van der Waals surface area contributed by atoms with Gasteiger partial charge in [0.2, 0.25) is 0 Å². The van der Waals surface area contributed by atoms with Crippen molar-refractivity contribution >= 4 is 22.6 Å². The Bertz CT molecular complexity index is 1100. The van der Waals surface area contributed by atoms with Crippen LogP contribution in [0.1, 0.15) is 41.5 Å². The van der Waals surface area contributed by atoms with E-state index in [1.807, 2.05) is 30.7 Å². The maximum absolute atomic E-state index is 14.5. The highest BCUT2D eigenvalue weighted by Crippen LogP contribution is 2.27. The maximum Gasteiger partial charge on any atom is 0.270 e. The molecule has 0 saturated carbocycles. The molecule has 0 bridgehead atoms. The molecule has 1 amide bonds. The second-order valence-electron chi connectivity index (χ2n) is 8.24. The molecule has 1 fully saturated rings. The van der Waals surface area contributed by atoms with Gasteiger partial charge in [-0.25, -0.2) is 18.7 Å². The maximum atomic E-state index is 14.5. The third kappa shape index (κ3) is 4.11. The van der Waals surface area contributed by atoms with Crippen LogP contribution in [0.5, 0.6) is 0 Å². The van der Waals surface area contributed by atoms with E-state index in [-0.39, 0.29) is 17.5 Å². The van der Waals surface area contributed by atoms with E-state index in [1.54, 1.807) is 6.07 Å². The molecule has 1 aromatic carbocycles. The van der Waals surface area contributed by atoms with Crippen molar-refractivity contribution in [2.75, 3.05) is 31.6 Å². The number of carbonyl (C=O) groups excluding carboxylic acids is 1. The molecule has 0 atom stereocenters. The highest BCUT2D eigenvalue weighted by Gasteiger charge is 2.27. The Morgan fingerprint density at radius 3 is 2.71 bits per heavy atom. The molecule has 1 aliphatic heterocycles. The van der Waals surface area contributed by atoms with Crippen molar-refractivity contribution in [3.8, 4) is 0 Å². The van der Waals surface area contributed by atoms with Crippen molar-refractivity contribution in [3.05, 3.63) is 53.1 Å². The smallest absolute Gasteiger partial charge is 0.270 e. The molecule has 3 aromatic rings. The SMILES string of the molecule is CCc1ncnc(N(C)CC2CCN(C(=O)c3[nH]c4cc(F)ccc4c3C)CC2)c1F. The summed E-state index contributed by atoms with van der Waals surface area (Å²) in [6, 6.07) is 4.52. The number of anilines is 1. The number of carbonyl (C=O) groups is 1. The van der Waals surface area contributed by atoms with Gasteiger partial charge in [0.25, 0.3) is 5.91 Å². The number of halogens is 2. The molecular formula is C23H27F2N5O. The Kier molecular flexibility index (Phi) is 5.89. The summed E-state index contributed by atoms with van der Waals surface area (Å²) in [5, 5.41) is 0.861. The molecule has 2 aromatic heterocycles. The Balaban J connectivity index is 1.40. The van der Waals surface area contributed by atoms with Crippen LogP contribution in [0, 0.1) is 24.5 Å². The summed E-state index contributed by atoms with van der Waals surface area (Å²) < 4.78 is 28.1. The lowest BCUT2D eigenvalue weighted by molar-refractivity contribution is 0.0687. The minimum Gasteiger partial charge on any atom is -0.357 e. The van der Waals surface area contributed by atoms with Crippen molar-refractivity contribution in [2.45, 2.75) is 33.1 Å². The lowest BCUT2D eigenvalue weighted by atomic mass is 9.96. The lowest BCUT2D eigenvalue weighted by Crippen LogP contribution is -2.41. The van der Waals surface area contributed by atoms with E-state index in [1.165, 1.54) is 18.5 Å². The summed E-state index contributed by atoms with van der Waals surface area (Å²) >= 11 is 0. The first-order valence-corrected chi connectivity index (χ1v) is 10.7. The highest BCUT2D eigenvalue weighted by molar-refractivity contribution is 6.00. The van der Waals surface area contributed by atoms with Crippen molar-refractivity contribution in [1.82, 2.24) is 19.9 Å². The number of aromatic nitrogens is 3. The molecule has 0 unspecified atom stereocenters. The number of piperidine rings is 1. The van der Waals surface area contributed by atoms with Crippen molar-refractivity contribution in [2.24, 2.45) is 5.92 Å². The van der Waals surface area contributed by atoms with Gasteiger partial charge in [0, 0.05) is 37.6 Å². The molecule has 0 spiro atoms. The Labute approximate surface area is 180 Å². The Morgan fingerprint density at radius 1 is 1.26 bits per heavy atom. The van der Waals surface area contributed by atoms with Crippen molar-refractivity contribution in [3.63, 3.8) is 0 Å². The van der Waals surface area contributed by atoms with Crippen molar-refractivity contribution in [1.29, 1.82) is 0 Å². The summed E-state index contributed by atoms with van der Waals surface area (Å²) in [5.74, 6) is -0.0808. The molecule has 3 heterocycles. The first-order chi connectivity index (χ1) is 14.9. The predicted octanol–water partition coefficient (Wildman–Crippen LogP) is 4.10. The molecule has 6 nitrogen and oxygen atoms in total. The topological polar surface area (TPSA) is 65.1 Å². The third-order valence-electron chi connectivity index (χ3n) is 6.21. The number of aromatic amines is 1. The quantitative estimate of drug-likeness (QED) is 0.666. The van der Waals surface area contributed by atoms with E-state index >= 15 is 0 Å². The zero-order valence-corrected chi connectivity index (χ0v) is 18.1. The van der Waals surface area contributed by atoms with E-state index < -0.39 is 0 Å². The normalized spacial score (nSPS) is 14.9. The molecule has 1 N–H and O–H groups in total. The zero-order chi connectivity index (χ0) is 22.1. The van der Waals surface area contributed by atoms with Gasteiger partial charge in [0.15, 0.2) is 11.6 Å². The van der Waals surface area contributed by atoms with E-state index in [2.05, 4.69) is 15.0 Å². The van der Waals surface area contributed by atoms with Gasteiger partial charge in [-0.3, -0.25) is 4.79 Å². The summed E-state index contributed by atoms with van der Waals surface area (Å²) in [4.78, 5) is 27.9. The van der Waals surface area contributed by atoms with E-state index in [4.69, 9.17) is 0 Å². The minimum absolute atomic E-state index is 0.0599. The zero-order valence-electron chi connectivity index (χ0n) is 18.1. The summed E-state index contributed by atoms with van der Waals surface area (Å²) in [6.45, 7) is 5.68. The monoisotopic (exact) mass is 427 g/mol. The van der Waals surface area contributed by atoms with Crippen LogP contribution in [0.25, 0.3) is 10.9 Å². The molecule has 4 rings (SSSR count). The van der Waals surface area contributed by atoms with Crippen molar-refractivity contribution < 1.29 is 13.6 Å². The molecule has 1 saturated heterocycles. The number of benzene rings is 1. The van der Waals surface area contributed by atoms with Gasteiger partial charge in [0.05, 0.1) is 5.69 Å². The minimum atomic E-state index is -0.356.